The van der Waals surface area contributed by atoms with Crippen LogP contribution in [0.25, 0.3) is 0 Å². The van der Waals surface area contributed by atoms with Crippen LogP contribution in [0.15, 0.2) is 34.8 Å². The second-order valence-electron chi connectivity index (χ2n) is 2.97. The number of aliphatic carboxylic acids is 1. The Hall–Kier alpha value is -1.49. The lowest BCUT2D eigenvalue weighted by atomic mass is 10.3. The molecule has 0 atom stereocenters. The van der Waals surface area contributed by atoms with E-state index in [9.17, 15) is 4.79 Å². The van der Waals surface area contributed by atoms with Gasteiger partial charge >= 0.3 is 5.97 Å². The maximum Gasteiger partial charge on any atom is 0.328 e. The van der Waals surface area contributed by atoms with Crippen LogP contribution in [0.1, 0.15) is 0 Å². The predicted octanol–water partition coefficient (Wildman–Crippen LogP) is 2.51. The Kier molecular flexibility index (Phi) is 4.85. The summed E-state index contributed by atoms with van der Waals surface area (Å²) in [6.07, 6.45) is 2.63. The lowest BCUT2D eigenvalue weighted by Gasteiger charge is -2.08. The number of nitrogens with one attached hydrogen (secondary N) is 1. The molecule has 1 aromatic carbocycles. The summed E-state index contributed by atoms with van der Waals surface area (Å²) >= 11 is 3.38. The third-order valence-corrected chi connectivity index (χ3v) is 2.54. The minimum atomic E-state index is -0.952. The van der Waals surface area contributed by atoms with Crippen molar-refractivity contribution in [1.29, 1.82) is 0 Å². The first-order valence-electron chi connectivity index (χ1n) is 4.60. The number of methoxy groups -OCH3 is 1. The lowest BCUT2D eigenvalue weighted by molar-refractivity contribution is -0.131. The predicted molar refractivity (Wildman–Crippen MR) is 66.0 cm³/mol. The summed E-state index contributed by atoms with van der Waals surface area (Å²) in [5.41, 5.74) is 0.856. The lowest BCUT2D eigenvalue weighted by Crippen LogP contribution is -2.00. The van der Waals surface area contributed by atoms with Gasteiger partial charge in [0, 0.05) is 23.2 Å². The normalized spacial score (nSPS) is 10.4. The average Bonchev–Trinajstić information content (AvgIpc) is 2.26. The quantitative estimate of drug-likeness (QED) is 0.817. The number of carboxylic acids is 1. The molecule has 86 valence electrons. The van der Waals surface area contributed by atoms with Crippen molar-refractivity contribution in [3.05, 3.63) is 34.8 Å². The zero-order valence-corrected chi connectivity index (χ0v) is 10.3. The Labute approximate surface area is 102 Å². The Balaban J connectivity index is 2.62. The minimum Gasteiger partial charge on any atom is -0.497 e. The van der Waals surface area contributed by atoms with E-state index < -0.39 is 5.97 Å². The number of benzene rings is 1. The smallest absolute Gasteiger partial charge is 0.328 e. The molecule has 0 radical (unpaired) electrons. The number of ether oxygens (including phenoxy) is 1. The maximum atomic E-state index is 10.2. The zero-order valence-electron chi connectivity index (χ0n) is 8.74. The van der Waals surface area contributed by atoms with E-state index in [1.165, 1.54) is 6.08 Å². The number of carbonyl (C=O) groups is 1. The molecule has 0 aromatic heterocycles. The van der Waals surface area contributed by atoms with E-state index in [4.69, 9.17) is 9.84 Å². The molecule has 0 aliphatic heterocycles. The number of hydrogen-bond acceptors (Lipinski definition) is 3. The van der Waals surface area contributed by atoms with Gasteiger partial charge in [0.2, 0.25) is 0 Å². The Morgan fingerprint density at radius 1 is 1.62 bits per heavy atom. The van der Waals surface area contributed by atoms with Gasteiger partial charge in [-0.2, -0.15) is 0 Å². The van der Waals surface area contributed by atoms with E-state index in [0.717, 1.165) is 22.0 Å². The summed E-state index contributed by atoms with van der Waals surface area (Å²) in [6, 6.07) is 5.53. The summed E-state index contributed by atoms with van der Waals surface area (Å²) in [6.45, 7) is 0.443. The van der Waals surface area contributed by atoms with Crippen molar-refractivity contribution in [3.63, 3.8) is 0 Å². The molecule has 16 heavy (non-hydrogen) atoms. The van der Waals surface area contributed by atoms with Gasteiger partial charge in [-0.25, -0.2) is 4.79 Å². The summed E-state index contributed by atoms with van der Waals surface area (Å²) in [7, 11) is 1.59. The van der Waals surface area contributed by atoms with Gasteiger partial charge in [-0.3, -0.25) is 0 Å². The highest BCUT2D eigenvalue weighted by Gasteiger charge is 2.00. The first-order valence-corrected chi connectivity index (χ1v) is 5.39. The van der Waals surface area contributed by atoms with Gasteiger partial charge in [0.1, 0.15) is 5.75 Å². The molecule has 0 saturated heterocycles. The first kappa shape index (κ1) is 12.6. The molecule has 0 spiro atoms. The van der Waals surface area contributed by atoms with Gasteiger partial charge in [0.25, 0.3) is 0 Å². The summed E-state index contributed by atoms with van der Waals surface area (Å²) in [4.78, 5) is 10.2. The van der Waals surface area contributed by atoms with Crippen LogP contribution >= 0.6 is 15.9 Å². The molecule has 5 heteroatoms. The molecular formula is C11H12BrNO3. The summed E-state index contributed by atoms with van der Waals surface area (Å²) < 4.78 is 5.98. The highest BCUT2D eigenvalue weighted by atomic mass is 79.9. The number of anilines is 1. The Morgan fingerprint density at radius 2 is 2.38 bits per heavy atom. The third-order valence-electron chi connectivity index (χ3n) is 1.84. The molecule has 2 N–H and O–H groups in total. The fourth-order valence-corrected chi connectivity index (χ4v) is 1.48. The fourth-order valence-electron chi connectivity index (χ4n) is 1.10. The van der Waals surface area contributed by atoms with Crippen molar-refractivity contribution in [2.75, 3.05) is 19.0 Å². The molecule has 0 amide bonds. The number of hydrogen-bond donors (Lipinski definition) is 2. The van der Waals surface area contributed by atoms with Gasteiger partial charge in [0.15, 0.2) is 0 Å². The first-order chi connectivity index (χ1) is 7.63. The van der Waals surface area contributed by atoms with Gasteiger partial charge < -0.3 is 15.2 Å². The van der Waals surface area contributed by atoms with E-state index in [2.05, 4.69) is 21.2 Å². The number of rotatable bonds is 5. The molecule has 1 aromatic rings. The minimum absolute atomic E-state index is 0.443. The van der Waals surface area contributed by atoms with E-state index >= 15 is 0 Å². The molecule has 0 unspecified atom stereocenters. The maximum absolute atomic E-state index is 10.2. The number of carboxylic acid groups (broad SMARTS) is 1. The highest BCUT2D eigenvalue weighted by molar-refractivity contribution is 9.10. The second kappa shape index (κ2) is 6.17. The van der Waals surface area contributed by atoms with Crippen LogP contribution in [0.4, 0.5) is 5.69 Å². The van der Waals surface area contributed by atoms with Crippen LogP contribution in [-0.2, 0) is 4.79 Å². The van der Waals surface area contributed by atoms with Gasteiger partial charge in [-0.05, 0) is 28.1 Å². The largest absolute Gasteiger partial charge is 0.497 e. The van der Waals surface area contributed by atoms with Crippen molar-refractivity contribution < 1.29 is 14.6 Å². The summed E-state index contributed by atoms with van der Waals surface area (Å²) in [5.74, 6) is -0.209. The Morgan fingerprint density at radius 3 is 3.00 bits per heavy atom. The van der Waals surface area contributed by atoms with Gasteiger partial charge in [-0.15, -0.1) is 0 Å². The van der Waals surface area contributed by atoms with E-state index in [1.54, 1.807) is 7.11 Å². The second-order valence-corrected chi connectivity index (χ2v) is 3.82. The fraction of sp³-hybridized carbons (Fsp3) is 0.182. The summed E-state index contributed by atoms with van der Waals surface area (Å²) in [5, 5.41) is 11.5. The van der Waals surface area contributed by atoms with Crippen molar-refractivity contribution in [2.24, 2.45) is 0 Å². The van der Waals surface area contributed by atoms with Crippen LogP contribution in [0, 0.1) is 0 Å². The molecule has 4 nitrogen and oxygen atoms in total. The topological polar surface area (TPSA) is 58.6 Å². The molecule has 0 bridgehead atoms. The van der Waals surface area contributed by atoms with E-state index in [-0.39, 0.29) is 0 Å². The average molecular weight is 286 g/mol. The van der Waals surface area contributed by atoms with Crippen LogP contribution in [0.5, 0.6) is 5.75 Å². The van der Waals surface area contributed by atoms with Gasteiger partial charge in [0.05, 0.1) is 12.8 Å². The standard InChI is InChI=1S/C11H12BrNO3/c1-16-8-4-5-9(12)10(7-8)13-6-2-3-11(14)15/h2-5,7,13H,6H2,1H3,(H,14,15)/b3-2+. The van der Waals surface area contributed by atoms with Crippen LogP contribution in [0.2, 0.25) is 0 Å². The zero-order chi connectivity index (χ0) is 12.0. The Bertz CT molecular complexity index is 404. The van der Waals surface area contributed by atoms with Crippen LogP contribution < -0.4 is 10.1 Å². The molecule has 1 rings (SSSR count). The number of halogens is 1. The van der Waals surface area contributed by atoms with E-state index in [0.29, 0.717) is 6.54 Å². The molecule has 0 aliphatic rings. The third kappa shape index (κ3) is 3.94. The van der Waals surface area contributed by atoms with Crippen LogP contribution in [0.3, 0.4) is 0 Å². The van der Waals surface area contributed by atoms with Crippen molar-refractivity contribution in [1.82, 2.24) is 0 Å². The van der Waals surface area contributed by atoms with Crippen molar-refractivity contribution in [3.8, 4) is 5.75 Å². The molecule has 0 aliphatic carbocycles. The van der Waals surface area contributed by atoms with Gasteiger partial charge in [-0.1, -0.05) is 6.08 Å². The van der Waals surface area contributed by atoms with Crippen molar-refractivity contribution >= 4 is 27.6 Å². The molecule has 0 heterocycles. The monoisotopic (exact) mass is 285 g/mol. The molecule has 0 saturated carbocycles. The molecular weight excluding hydrogens is 274 g/mol. The molecule has 0 fully saturated rings. The van der Waals surface area contributed by atoms with Crippen LogP contribution in [-0.4, -0.2) is 24.7 Å². The van der Waals surface area contributed by atoms with Crippen molar-refractivity contribution in [2.45, 2.75) is 0 Å². The highest BCUT2D eigenvalue weighted by Crippen LogP contribution is 2.26. The SMILES string of the molecule is COc1ccc(Br)c(NC/C=C/C(=O)O)c1. The van der Waals surface area contributed by atoms with E-state index in [1.807, 2.05) is 18.2 Å².